The van der Waals surface area contributed by atoms with Gasteiger partial charge in [-0.1, -0.05) is 13.8 Å². The summed E-state index contributed by atoms with van der Waals surface area (Å²) < 4.78 is 15.2. The van der Waals surface area contributed by atoms with E-state index >= 15 is 0 Å². The van der Waals surface area contributed by atoms with E-state index in [1.54, 1.807) is 21.3 Å². The van der Waals surface area contributed by atoms with Crippen LogP contribution in [-0.2, 0) is 28.6 Å². The SMILES string of the molecule is COC(C(=O)N1CCN(C(C)C)CC1)C(C)C.COCC(=O)N1CCN(C(C)C)CC1.COCC(C)(C)C(=O)N1CCN(C(C)C)CC1. The molecule has 3 aliphatic heterocycles. The number of carbonyl (C=O) groups excluding carboxylic acids is 3. The molecule has 0 saturated carbocycles. The van der Waals surface area contributed by atoms with Crippen molar-refractivity contribution < 1.29 is 28.6 Å². The van der Waals surface area contributed by atoms with Gasteiger partial charge in [-0.05, 0) is 61.3 Å². The third-order valence-electron chi connectivity index (χ3n) is 9.54. The Morgan fingerprint density at radius 3 is 1.25 bits per heavy atom. The van der Waals surface area contributed by atoms with Crippen LogP contribution in [0.1, 0.15) is 69.2 Å². The van der Waals surface area contributed by atoms with E-state index in [9.17, 15) is 14.4 Å². The lowest BCUT2D eigenvalue weighted by Gasteiger charge is -2.39. The first-order chi connectivity index (χ1) is 22.5. The largest absolute Gasteiger partial charge is 0.384 e. The summed E-state index contributed by atoms with van der Waals surface area (Å²) in [6.45, 7) is 32.7. The maximum absolute atomic E-state index is 12.3. The van der Waals surface area contributed by atoms with Crippen LogP contribution in [0.4, 0.5) is 0 Å². The molecule has 0 N–H and O–H groups in total. The van der Waals surface area contributed by atoms with Crippen LogP contribution in [-0.4, -0.2) is 184 Å². The number of hydrogen-bond acceptors (Lipinski definition) is 9. The maximum Gasteiger partial charge on any atom is 0.252 e. The van der Waals surface area contributed by atoms with Gasteiger partial charge in [0, 0.05) is 118 Å². The fourth-order valence-electron chi connectivity index (χ4n) is 6.29. The van der Waals surface area contributed by atoms with Gasteiger partial charge in [-0.2, -0.15) is 0 Å². The zero-order valence-electron chi connectivity index (χ0n) is 32.9. The van der Waals surface area contributed by atoms with Gasteiger partial charge in [0.05, 0.1) is 12.0 Å². The highest BCUT2D eigenvalue weighted by Gasteiger charge is 2.34. The minimum absolute atomic E-state index is 0.107. The Kier molecular flexibility index (Phi) is 20.3. The second-order valence-corrected chi connectivity index (χ2v) is 15.0. The lowest BCUT2D eigenvalue weighted by Crippen LogP contribution is -2.54. The predicted molar refractivity (Wildman–Crippen MR) is 193 cm³/mol. The molecule has 0 radical (unpaired) electrons. The fraction of sp³-hybridized carbons (Fsp3) is 0.917. The van der Waals surface area contributed by atoms with Crippen LogP contribution in [0.25, 0.3) is 0 Å². The number of nitrogens with zero attached hydrogens (tertiary/aromatic N) is 6. The van der Waals surface area contributed by atoms with Crippen molar-refractivity contribution in [1.29, 1.82) is 0 Å². The third kappa shape index (κ3) is 14.6. The molecule has 0 aliphatic carbocycles. The summed E-state index contributed by atoms with van der Waals surface area (Å²) in [6.07, 6.45) is -0.291. The summed E-state index contributed by atoms with van der Waals surface area (Å²) in [4.78, 5) is 49.0. The highest BCUT2D eigenvalue weighted by atomic mass is 16.5. The molecule has 3 aliphatic rings. The first-order valence-electron chi connectivity index (χ1n) is 18.1. The van der Waals surface area contributed by atoms with Crippen LogP contribution in [0, 0.1) is 11.3 Å². The highest BCUT2D eigenvalue weighted by molar-refractivity contribution is 5.82. The van der Waals surface area contributed by atoms with Gasteiger partial charge >= 0.3 is 0 Å². The van der Waals surface area contributed by atoms with E-state index in [4.69, 9.17) is 14.2 Å². The van der Waals surface area contributed by atoms with E-state index < -0.39 is 5.41 Å². The van der Waals surface area contributed by atoms with E-state index in [1.807, 2.05) is 42.4 Å². The lowest BCUT2D eigenvalue weighted by molar-refractivity contribution is -0.146. The molecule has 3 rings (SSSR count). The van der Waals surface area contributed by atoms with Gasteiger partial charge in [0.1, 0.15) is 12.7 Å². The molecule has 3 amide bonds. The molecule has 3 heterocycles. The number of methoxy groups -OCH3 is 3. The van der Waals surface area contributed by atoms with Crippen LogP contribution >= 0.6 is 0 Å². The Balaban J connectivity index is 0.000000362. The second-order valence-electron chi connectivity index (χ2n) is 15.0. The van der Waals surface area contributed by atoms with Crippen LogP contribution in [0.3, 0.4) is 0 Å². The minimum atomic E-state index is -0.408. The monoisotopic (exact) mass is 685 g/mol. The van der Waals surface area contributed by atoms with Crippen LogP contribution in [0.2, 0.25) is 0 Å². The highest BCUT2D eigenvalue weighted by Crippen LogP contribution is 2.21. The molecule has 12 heteroatoms. The molecule has 0 spiro atoms. The first kappa shape index (κ1) is 44.2. The Morgan fingerprint density at radius 1 is 0.562 bits per heavy atom. The van der Waals surface area contributed by atoms with E-state index in [0.717, 1.165) is 78.5 Å². The number of ether oxygens (including phenoxy) is 3. The molecule has 3 saturated heterocycles. The predicted octanol–water partition coefficient (Wildman–Crippen LogP) is 2.61. The van der Waals surface area contributed by atoms with Crippen molar-refractivity contribution in [2.24, 2.45) is 11.3 Å². The zero-order valence-corrected chi connectivity index (χ0v) is 32.9. The van der Waals surface area contributed by atoms with Crippen molar-refractivity contribution in [3.8, 4) is 0 Å². The molecule has 48 heavy (non-hydrogen) atoms. The molecule has 1 unspecified atom stereocenters. The molecule has 0 aromatic carbocycles. The average molecular weight is 685 g/mol. The molecule has 282 valence electrons. The first-order valence-corrected chi connectivity index (χ1v) is 18.1. The summed E-state index contributed by atoms with van der Waals surface area (Å²) in [6, 6.07) is 1.71. The molecule has 0 aromatic rings. The summed E-state index contributed by atoms with van der Waals surface area (Å²) in [5.41, 5.74) is -0.408. The number of hydrogen-bond donors (Lipinski definition) is 0. The molecule has 0 bridgehead atoms. The van der Waals surface area contributed by atoms with Crippen molar-refractivity contribution in [3.05, 3.63) is 0 Å². The van der Waals surface area contributed by atoms with Gasteiger partial charge in [0.25, 0.3) is 5.91 Å². The molecule has 1 atom stereocenters. The minimum Gasteiger partial charge on any atom is -0.384 e. The van der Waals surface area contributed by atoms with E-state index in [0.29, 0.717) is 24.7 Å². The van der Waals surface area contributed by atoms with Gasteiger partial charge in [-0.3, -0.25) is 29.1 Å². The van der Waals surface area contributed by atoms with Crippen molar-refractivity contribution >= 4 is 17.7 Å². The topological polar surface area (TPSA) is 98.3 Å². The number of carbonyl (C=O) groups is 3. The smallest absolute Gasteiger partial charge is 0.252 e. The molecular weight excluding hydrogens is 612 g/mol. The van der Waals surface area contributed by atoms with Crippen molar-refractivity contribution in [1.82, 2.24) is 29.4 Å². The van der Waals surface area contributed by atoms with Gasteiger partial charge in [0.15, 0.2) is 0 Å². The van der Waals surface area contributed by atoms with Crippen molar-refractivity contribution in [3.63, 3.8) is 0 Å². The molecule has 0 aromatic heterocycles. The number of rotatable bonds is 11. The van der Waals surface area contributed by atoms with Crippen molar-refractivity contribution in [2.75, 3.05) is 113 Å². The Labute approximate surface area is 293 Å². The van der Waals surface area contributed by atoms with Crippen LogP contribution in [0.5, 0.6) is 0 Å². The molecule has 12 nitrogen and oxygen atoms in total. The Bertz CT molecular complexity index is 922. The lowest BCUT2D eigenvalue weighted by atomic mass is 9.92. The quantitative estimate of drug-likeness (QED) is 0.326. The second kappa shape index (κ2) is 22.1. The summed E-state index contributed by atoms with van der Waals surface area (Å²) in [7, 11) is 4.82. The fourth-order valence-corrected chi connectivity index (χ4v) is 6.29. The Morgan fingerprint density at radius 2 is 0.938 bits per heavy atom. The summed E-state index contributed by atoms with van der Waals surface area (Å²) in [5.74, 6) is 0.695. The van der Waals surface area contributed by atoms with E-state index in [2.05, 4.69) is 56.2 Å². The van der Waals surface area contributed by atoms with Crippen molar-refractivity contribution in [2.45, 2.75) is 93.5 Å². The maximum atomic E-state index is 12.3. The third-order valence-corrected chi connectivity index (χ3v) is 9.54. The molecule has 3 fully saturated rings. The summed E-state index contributed by atoms with van der Waals surface area (Å²) in [5, 5.41) is 0. The van der Waals surface area contributed by atoms with Crippen LogP contribution < -0.4 is 0 Å². The van der Waals surface area contributed by atoms with Gasteiger partial charge in [0.2, 0.25) is 11.8 Å². The summed E-state index contributed by atoms with van der Waals surface area (Å²) >= 11 is 0. The number of amides is 3. The average Bonchev–Trinajstić information content (AvgIpc) is 3.05. The van der Waals surface area contributed by atoms with E-state index in [-0.39, 0.29) is 36.4 Å². The van der Waals surface area contributed by atoms with Crippen LogP contribution in [0.15, 0.2) is 0 Å². The zero-order chi connectivity index (χ0) is 36.6. The van der Waals surface area contributed by atoms with E-state index in [1.165, 1.54) is 0 Å². The van der Waals surface area contributed by atoms with Gasteiger partial charge < -0.3 is 28.9 Å². The number of piperazine rings is 3. The van der Waals surface area contributed by atoms with Gasteiger partial charge in [-0.25, -0.2) is 0 Å². The van der Waals surface area contributed by atoms with Gasteiger partial charge in [-0.15, -0.1) is 0 Å². The standard InChI is InChI=1S/2C13H26N2O2.C10H20N2O2/c1-11(2)14-6-8-15(9-7-14)12(16)13(3,4)10-17-5;1-10(2)12(17-5)13(16)15-8-6-14(7-9-15)11(3)4;1-9(2)11-4-6-12(7-5-11)10(13)8-14-3/h11H,6-10H2,1-5H3;10-12H,6-9H2,1-5H3;9H,4-8H2,1-3H3. The normalized spacial score (nSPS) is 19.3. The Hall–Kier alpha value is -1.83. The molecular formula is C36H72N6O6.